The topological polar surface area (TPSA) is 139 Å². The van der Waals surface area contributed by atoms with Crippen LogP contribution >= 0.6 is 22.9 Å². The Morgan fingerprint density at radius 1 is 1.09 bits per heavy atom. The number of aliphatic imine (C=N–C) groups is 1. The summed E-state index contributed by atoms with van der Waals surface area (Å²) in [6.45, 7) is 8.29. The summed E-state index contributed by atoms with van der Waals surface area (Å²) < 4.78 is 38.0. The van der Waals surface area contributed by atoms with Crippen molar-refractivity contribution in [1.29, 1.82) is 0 Å². The zero-order chi connectivity index (χ0) is 31.4. The highest BCUT2D eigenvalue weighted by Crippen LogP contribution is 2.41. The van der Waals surface area contributed by atoms with Gasteiger partial charge in [0.15, 0.2) is 10.0 Å². The minimum atomic E-state index is -4.35. The van der Waals surface area contributed by atoms with Gasteiger partial charge in [0.2, 0.25) is 0 Å². The van der Waals surface area contributed by atoms with E-state index in [1.807, 2.05) is 13.0 Å². The van der Waals surface area contributed by atoms with Crippen molar-refractivity contribution >= 4 is 50.6 Å². The monoisotopic (exact) mass is 648 g/mol. The Hall–Kier alpha value is -2.73. The fraction of sp³-hybridized carbons (Fsp3) is 0.516. The molecule has 3 aromatic rings. The van der Waals surface area contributed by atoms with Gasteiger partial charge in [0.1, 0.15) is 17.1 Å². The number of rotatable bonds is 9. The summed E-state index contributed by atoms with van der Waals surface area (Å²) in [6.07, 6.45) is 9.79. The predicted molar refractivity (Wildman–Crippen MR) is 172 cm³/mol. The first-order valence-electron chi connectivity index (χ1n) is 14.9. The molecule has 12 heteroatoms. The number of hydrogen-bond acceptors (Lipinski definition) is 8. The fourth-order valence-corrected chi connectivity index (χ4v) is 8.07. The van der Waals surface area contributed by atoms with Crippen molar-refractivity contribution in [3.63, 3.8) is 0 Å². The summed E-state index contributed by atoms with van der Waals surface area (Å²) >= 11 is 7.56. The van der Waals surface area contributed by atoms with Crippen LogP contribution in [0.15, 0.2) is 38.0 Å². The number of amidine groups is 1. The van der Waals surface area contributed by atoms with Crippen LogP contribution in [0.2, 0.25) is 5.02 Å². The first kappa shape index (κ1) is 33.2. The minimum Gasteiger partial charge on any atom is -0.381 e. The Labute approximate surface area is 263 Å². The molecule has 1 saturated carbocycles. The smallest absolute Gasteiger partial charge is 0.304 e. The van der Waals surface area contributed by atoms with E-state index in [1.165, 1.54) is 6.42 Å². The quantitative estimate of drug-likeness (QED) is 0.226. The molecule has 43 heavy (non-hydrogen) atoms. The van der Waals surface area contributed by atoms with E-state index in [9.17, 15) is 17.8 Å². The van der Waals surface area contributed by atoms with Crippen LogP contribution in [0.4, 0.5) is 5.82 Å². The highest BCUT2D eigenvalue weighted by atomic mass is 35.5. The Bertz CT molecular complexity index is 1570. The van der Waals surface area contributed by atoms with Crippen LogP contribution in [-0.4, -0.2) is 40.3 Å². The molecule has 1 amide bonds. The Morgan fingerprint density at radius 3 is 2.40 bits per heavy atom. The zero-order valence-electron chi connectivity index (χ0n) is 25.3. The van der Waals surface area contributed by atoms with E-state index in [-0.39, 0.29) is 10.1 Å². The molecule has 1 fully saturated rings. The normalized spacial score (nSPS) is 16.4. The molecule has 0 saturated heterocycles. The van der Waals surface area contributed by atoms with Crippen LogP contribution < -0.4 is 5.73 Å². The first-order valence-corrected chi connectivity index (χ1v) is 17.5. The van der Waals surface area contributed by atoms with Gasteiger partial charge in [-0.1, -0.05) is 68.4 Å². The van der Waals surface area contributed by atoms with Crippen LogP contribution in [-0.2, 0) is 27.9 Å². The molecule has 0 atom stereocenters. The van der Waals surface area contributed by atoms with Gasteiger partial charge >= 0.3 is 10.1 Å². The largest absolute Gasteiger partial charge is 0.381 e. The van der Waals surface area contributed by atoms with Gasteiger partial charge in [-0.25, -0.2) is 0 Å². The number of unbranched alkanes of at least 4 members (excludes halogenated alkanes) is 1. The summed E-state index contributed by atoms with van der Waals surface area (Å²) in [7, 11) is -4.35. The first-order chi connectivity index (χ1) is 20.4. The summed E-state index contributed by atoms with van der Waals surface area (Å²) in [5.41, 5.74) is 7.83. The van der Waals surface area contributed by atoms with Gasteiger partial charge < -0.3 is 10.3 Å². The summed E-state index contributed by atoms with van der Waals surface area (Å²) in [6, 6.07) is 7.07. The number of carbonyl (C=O) groups is 1. The molecule has 2 aromatic heterocycles. The van der Waals surface area contributed by atoms with Gasteiger partial charge in [0.05, 0.1) is 6.54 Å². The van der Waals surface area contributed by atoms with Gasteiger partial charge in [-0.3, -0.25) is 19.2 Å². The summed E-state index contributed by atoms with van der Waals surface area (Å²) in [4.78, 5) is 20.9. The average molecular weight is 649 g/mol. The molecule has 0 bridgehead atoms. The van der Waals surface area contributed by atoms with Crippen LogP contribution in [0.5, 0.6) is 0 Å². The molecule has 234 valence electrons. The second-order valence-corrected chi connectivity index (χ2v) is 14.6. The summed E-state index contributed by atoms with van der Waals surface area (Å²) in [5, 5.41) is 4.05. The molecule has 3 N–H and O–H groups in total. The van der Waals surface area contributed by atoms with Crippen LogP contribution in [0.3, 0.4) is 0 Å². The molecule has 1 spiro atoms. The number of anilines is 1. The third-order valence-electron chi connectivity index (χ3n) is 7.97. The number of carbonyl (C=O) groups excluding carboxylic acids is 1. The molecular weight excluding hydrogens is 608 g/mol. The average Bonchev–Trinajstić information content (AvgIpc) is 3.58. The van der Waals surface area contributed by atoms with E-state index < -0.39 is 15.7 Å². The number of nitrogen functional groups attached to an aromatic ring is 1. The van der Waals surface area contributed by atoms with Crippen LogP contribution in [0, 0.1) is 13.8 Å². The number of benzene rings is 1. The van der Waals surface area contributed by atoms with Crippen LogP contribution in [0.25, 0.3) is 11.1 Å². The molecule has 3 heterocycles. The standard InChI is InChI=1S/C23H27ClN2O4S2.C8H14N2O/c1-3-7-20-25-23(10-5-4-6-11-23)22(27)26(20)14-16-8-9-17(19(24)13-16)18-12-15(2)31-21(18)32(28,29)30;1-3-4-5-7-6(2)11-10-8(7)9/h8-9,12-13H,3-7,10-11,14H2,1-2H3,(H,28,29,30);3-5H2,1-2H3,(H2,9,10). The molecule has 1 aromatic carbocycles. The van der Waals surface area contributed by atoms with Crippen molar-refractivity contribution in [3.8, 4) is 11.1 Å². The zero-order valence-corrected chi connectivity index (χ0v) is 27.7. The van der Waals surface area contributed by atoms with Crippen molar-refractivity contribution in [3.05, 3.63) is 51.1 Å². The molecule has 1 aliphatic carbocycles. The number of thiophene rings is 1. The SMILES string of the molecule is CCCC1=NC2(CCCCC2)C(=O)N1Cc1ccc(-c2cc(C)sc2S(=O)(=O)O)c(Cl)c1.CCCCc1c(N)noc1C. The molecular formula is C31H41ClN4O5S2. The van der Waals surface area contributed by atoms with E-state index in [2.05, 4.69) is 19.0 Å². The third kappa shape index (κ3) is 7.50. The second kappa shape index (κ2) is 13.9. The minimum absolute atomic E-state index is 0.0861. The fourth-order valence-electron chi connectivity index (χ4n) is 5.76. The number of aromatic nitrogens is 1. The number of amides is 1. The maximum Gasteiger partial charge on any atom is 0.304 e. The molecule has 2 aliphatic rings. The Balaban J connectivity index is 0.000000324. The van der Waals surface area contributed by atoms with Crippen molar-refractivity contribution in [2.24, 2.45) is 4.99 Å². The van der Waals surface area contributed by atoms with E-state index >= 15 is 0 Å². The van der Waals surface area contributed by atoms with E-state index in [0.29, 0.717) is 28.5 Å². The Morgan fingerprint density at radius 2 is 1.81 bits per heavy atom. The van der Waals surface area contributed by atoms with Crippen molar-refractivity contribution in [2.45, 2.75) is 108 Å². The van der Waals surface area contributed by atoms with Gasteiger partial charge in [0.25, 0.3) is 5.91 Å². The van der Waals surface area contributed by atoms with Gasteiger partial charge in [0, 0.05) is 33.0 Å². The van der Waals surface area contributed by atoms with E-state index in [4.69, 9.17) is 26.9 Å². The van der Waals surface area contributed by atoms with Crippen molar-refractivity contribution in [1.82, 2.24) is 10.1 Å². The van der Waals surface area contributed by atoms with E-state index in [1.54, 1.807) is 30.0 Å². The molecule has 0 unspecified atom stereocenters. The maximum absolute atomic E-state index is 13.4. The molecule has 0 radical (unpaired) electrons. The second-order valence-electron chi connectivity index (χ2n) is 11.3. The maximum atomic E-state index is 13.4. The number of nitrogens with two attached hydrogens (primary N) is 1. The van der Waals surface area contributed by atoms with Crippen molar-refractivity contribution in [2.75, 3.05) is 5.73 Å². The number of halogens is 1. The molecule has 9 nitrogen and oxygen atoms in total. The third-order valence-corrected chi connectivity index (χ3v) is 10.7. The number of nitrogens with zero attached hydrogens (tertiary/aromatic N) is 3. The predicted octanol–water partition coefficient (Wildman–Crippen LogP) is 7.78. The highest BCUT2D eigenvalue weighted by molar-refractivity contribution is 7.88. The summed E-state index contributed by atoms with van der Waals surface area (Å²) in [5.74, 6) is 2.34. The van der Waals surface area contributed by atoms with Gasteiger partial charge in [-0.05, 0) is 63.6 Å². The van der Waals surface area contributed by atoms with E-state index in [0.717, 1.165) is 96.7 Å². The van der Waals surface area contributed by atoms with Crippen molar-refractivity contribution < 1.29 is 22.3 Å². The highest BCUT2D eigenvalue weighted by Gasteiger charge is 2.48. The van der Waals surface area contributed by atoms with Gasteiger partial charge in [-0.15, -0.1) is 11.3 Å². The Kier molecular flexibility index (Phi) is 10.7. The molecule has 1 aliphatic heterocycles. The lowest BCUT2D eigenvalue weighted by molar-refractivity contribution is -0.132. The lowest BCUT2D eigenvalue weighted by Crippen LogP contribution is -2.43. The van der Waals surface area contributed by atoms with Gasteiger partial charge in [-0.2, -0.15) is 8.42 Å². The number of aryl methyl sites for hydroxylation is 2. The van der Waals surface area contributed by atoms with Crippen LogP contribution in [0.1, 0.15) is 93.4 Å². The number of hydrogen-bond donors (Lipinski definition) is 2. The lowest BCUT2D eigenvalue weighted by Gasteiger charge is -2.29. The molecule has 5 rings (SSSR count). The lowest BCUT2D eigenvalue weighted by atomic mass is 9.82.